The maximum Gasteiger partial charge on any atom is 0.255 e. The molecule has 0 radical (unpaired) electrons. The number of pyridine rings is 1. The molecule has 0 unspecified atom stereocenters. The number of rotatable bonds is 6. The fourth-order valence-corrected chi connectivity index (χ4v) is 2.25. The first-order chi connectivity index (χ1) is 8.97. The number of nitrogens with one attached hydrogen (secondary N) is 2. The van der Waals surface area contributed by atoms with Gasteiger partial charge in [-0.1, -0.05) is 27.7 Å². The fourth-order valence-electron chi connectivity index (χ4n) is 2.25. The molecule has 5 heteroatoms. The lowest BCUT2D eigenvalue weighted by Gasteiger charge is -2.25. The number of hydrazine groups is 1. The van der Waals surface area contributed by atoms with Crippen LogP contribution in [-0.4, -0.2) is 17.4 Å². The lowest BCUT2D eigenvalue weighted by molar-refractivity contribution is 0.0937. The third kappa shape index (κ3) is 4.21. The van der Waals surface area contributed by atoms with E-state index in [1.807, 2.05) is 0 Å². The molecule has 106 valence electrons. The van der Waals surface area contributed by atoms with Crippen LogP contribution in [0.2, 0.25) is 0 Å². The predicted octanol–water partition coefficient (Wildman–Crippen LogP) is 2.03. The Bertz CT molecular complexity index is 410. The molecule has 0 saturated heterocycles. The van der Waals surface area contributed by atoms with E-state index in [1.165, 1.54) is 6.20 Å². The monoisotopic (exact) mass is 264 g/mol. The molecule has 0 aromatic carbocycles. The summed E-state index contributed by atoms with van der Waals surface area (Å²) in [4.78, 5) is 16.1. The van der Waals surface area contributed by atoms with Crippen LogP contribution in [0.1, 0.15) is 38.1 Å². The summed E-state index contributed by atoms with van der Waals surface area (Å²) in [6.07, 6.45) is 3.11. The highest BCUT2D eigenvalue weighted by molar-refractivity contribution is 5.99. The van der Waals surface area contributed by atoms with Gasteiger partial charge in [-0.2, -0.15) is 0 Å². The van der Waals surface area contributed by atoms with E-state index in [-0.39, 0.29) is 5.91 Å². The largest absolute Gasteiger partial charge is 0.352 e. The topological polar surface area (TPSA) is 80.0 Å². The van der Waals surface area contributed by atoms with Crippen LogP contribution in [0, 0.1) is 17.8 Å². The molecule has 0 aliphatic heterocycles. The summed E-state index contributed by atoms with van der Waals surface area (Å²) in [6, 6.07) is 1.68. The molecule has 19 heavy (non-hydrogen) atoms. The van der Waals surface area contributed by atoms with Crippen molar-refractivity contribution in [2.45, 2.75) is 27.7 Å². The maximum absolute atomic E-state index is 12.1. The molecule has 0 saturated carbocycles. The normalized spacial score (nSPS) is 11.2. The van der Waals surface area contributed by atoms with E-state index in [9.17, 15) is 4.79 Å². The van der Waals surface area contributed by atoms with E-state index >= 15 is 0 Å². The number of carbonyl (C=O) groups is 1. The Hall–Kier alpha value is -1.62. The van der Waals surface area contributed by atoms with E-state index in [4.69, 9.17) is 5.84 Å². The van der Waals surface area contributed by atoms with Gasteiger partial charge in [-0.3, -0.25) is 15.6 Å². The molecule has 1 amide bonds. The number of anilines is 1. The highest BCUT2D eigenvalue weighted by atomic mass is 16.1. The number of aromatic nitrogens is 1. The number of hydrogen-bond donors (Lipinski definition) is 3. The van der Waals surface area contributed by atoms with Gasteiger partial charge in [-0.05, 0) is 23.8 Å². The molecule has 5 nitrogen and oxygen atoms in total. The Morgan fingerprint density at radius 1 is 1.32 bits per heavy atom. The van der Waals surface area contributed by atoms with Crippen LogP contribution in [0.25, 0.3) is 0 Å². The minimum absolute atomic E-state index is 0.146. The van der Waals surface area contributed by atoms with Crippen LogP contribution in [-0.2, 0) is 0 Å². The lowest BCUT2D eigenvalue weighted by atomic mass is 9.85. The average Bonchev–Trinajstić information content (AvgIpc) is 2.37. The van der Waals surface area contributed by atoms with Crippen molar-refractivity contribution < 1.29 is 4.79 Å². The first-order valence-corrected chi connectivity index (χ1v) is 6.66. The number of carbonyl (C=O) groups excluding carboxylic acids is 1. The average molecular weight is 264 g/mol. The Kier molecular flexibility index (Phi) is 5.76. The van der Waals surface area contributed by atoms with Gasteiger partial charge in [0.15, 0.2) is 0 Å². The SMILES string of the molecule is CC(C)C(CNC(=O)c1cnccc1NN)C(C)C. The number of amides is 1. The molecule has 1 heterocycles. The van der Waals surface area contributed by atoms with Crippen molar-refractivity contribution in [3.05, 3.63) is 24.0 Å². The van der Waals surface area contributed by atoms with Gasteiger partial charge in [-0.15, -0.1) is 0 Å². The molecule has 0 atom stereocenters. The number of hydrogen-bond acceptors (Lipinski definition) is 4. The Labute approximate surface area is 115 Å². The summed E-state index contributed by atoms with van der Waals surface area (Å²) in [5.74, 6) is 6.75. The van der Waals surface area contributed by atoms with Gasteiger partial charge >= 0.3 is 0 Å². The Balaban J connectivity index is 2.69. The summed E-state index contributed by atoms with van der Waals surface area (Å²) in [7, 11) is 0. The quantitative estimate of drug-likeness (QED) is 0.542. The molecule has 0 aliphatic carbocycles. The first kappa shape index (κ1) is 15.4. The van der Waals surface area contributed by atoms with Crippen molar-refractivity contribution in [2.24, 2.45) is 23.6 Å². The second-order valence-electron chi connectivity index (χ2n) is 5.43. The van der Waals surface area contributed by atoms with Gasteiger partial charge < -0.3 is 10.7 Å². The first-order valence-electron chi connectivity index (χ1n) is 6.66. The molecule has 0 fully saturated rings. The third-order valence-electron chi connectivity index (χ3n) is 3.43. The molecule has 1 aromatic rings. The van der Waals surface area contributed by atoms with E-state index in [1.54, 1.807) is 12.3 Å². The van der Waals surface area contributed by atoms with Crippen molar-refractivity contribution in [1.29, 1.82) is 0 Å². The van der Waals surface area contributed by atoms with Crippen molar-refractivity contribution in [1.82, 2.24) is 10.3 Å². The fraction of sp³-hybridized carbons (Fsp3) is 0.571. The number of nitrogens with two attached hydrogens (primary N) is 1. The zero-order valence-electron chi connectivity index (χ0n) is 12.1. The van der Waals surface area contributed by atoms with E-state index in [0.29, 0.717) is 35.5 Å². The summed E-state index contributed by atoms with van der Waals surface area (Å²) in [5.41, 5.74) is 3.56. The molecule has 4 N–H and O–H groups in total. The Morgan fingerprint density at radius 3 is 2.47 bits per heavy atom. The number of nitrogen functional groups attached to an aromatic ring is 1. The van der Waals surface area contributed by atoms with Crippen LogP contribution in [0.15, 0.2) is 18.5 Å². The Morgan fingerprint density at radius 2 is 1.95 bits per heavy atom. The van der Waals surface area contributed by atoms with Crippen LogP contribution in [0.3, 0.4) is 0 Å². The minimum atomic E-state index is -0.146. The van der Waals surface area contributed by atoms with E-state index < -0.39 is 0 Å². The van der Waals surface area contributed by atoms with Crippen molar-refractivity contribution in [3.8, 4) is 0 Å². The van der Waals surface area contributed by atoms with Crippen molar-refractivity contribution in [3.63, 3.8) is 0 Å². The second-order valence-corrected chi connectivity index (χ2v) is 5.43. The summed E-state index contributed by atoms with van der Waals surface area (Å²) < 4.78 is 0. The van der Waals surface area contributed by atoms with Gasteiger partial charge in [0.1, 0.15) is 0 Å². The van der Waals surface area contributed by atoms with Gasteiger partial charge in [0, 0.05) is 18.9 Å². The van der Waals surface area contributed by atoms with E-state index in [2.05, 4.69) is 43.4 Å². The molecule has 0 aliphatic rings. The minimum Gasteiger partial charge on any atom is -0.352 e. The molecule has 1 rings (SSSR count). The van der Waals surface area contributed by atoms with Crippen LogP contribution in [0.4, 0.5) is 5.69 Å². The van der Waals surface area contributed by atoms with Crippen molar-refractivity contribution in [2.75, 3.05) is 12.0 Å². The smallest absolute Gasteiger partial charge is 0.255 e. The van der Waals surface area contributed by atoms with Crippen LogP contribution >= 0.6 is 0 Å². The zero-order chi connectivity index (χ0) is 14.4. The second kappa shape index (κ2) is 7.09. The van der Waals surface area contributed by atoms with E-state index in [0.717, 1.165) is 0 Å². The van der Waals surface area contributed by atoms with Crippen LogP contribution in [0.5, 0.6) is 0 Å². The molecule has 0 spiro atoms. The van der Waals surface area contributed by atoms with Gasteiger partial charge in [0.25, 0.3) is 5.91 Å². The summed E-state index contributed by atoms with van der Waals surface area (Å²) >= 11 is 0. The third-order valence-corrected chi connectivity index (χ3v) is 3.43. The van der Waals surface area contributed by atoms with Gasteiger partial charge in [0.05, 0.1) is 11.3 Å². The molecular weight excluding hydrogens is 240 g/mol. The zero-order valence-corrected chi connectivity index (χ0v) is 12.1. The van der Waals surface area contributed by atoms with Crippen LogP contribution < -0.4 is 16.6 Å². The van der Waals surface area contributed by atoms with Gasteiger partial charge in [-0.25, -0.2) is 0 Å². The standard InChI is InChI=1S/C14H24N4O/c1-9(2)11(10(3)4)8-17-14(19)12-7-16-6-5-13(12)18-15/h5-7,9-11H,8,15H2,1-4H3,(H,16,18)(H,17,19). The molecule has 1 aromatic heterocycles. The number of nitrogens with zero attached hydrogens (tertiary/aromatic N) is 1. The highest BCUT2D eigenvalue weighted by Crippen LogP contribution is 2.20. The predicted molar refractivity (Wildman–Crippen MR) is 77.5 cm³/mol. The maximum atomic E-state index is 12.1. The van der Waals surface area contributed by atoms with Gasteiger partial charge in [0.2, 0.25) is 0 Å². The highest BCUT2D eigenvalue weighted by Gasteiger charge is 2.19. The summed E-state index contributed by atoms with van der Waals surface area (Å²) in [5, 5.41) is 2.96. The van der Waals surface area contributed by atoms with Crippen molar-refractivity contribution >= 4 is 11.6 Å². The summed E-state index contributed by atoms with van der Waals surface area (Å²) in [6.45, 7) is 9.36. The lowest BCUT2D eigenvalue weighted by Crippen LogP contribution is -2.34. The molecule has 0 bridgehead atoms. The molecular formula is C14H24N4O.